The van der Waals surface area contributed by atoms with Crippen molar-refractivity contribution in [3.8, 4) is 0 Å². The molecule has 0 aromatic heterocycles. The quantitative estimate of drug-likeness (QED) is 0.720. The van der Waals surface area contributed by atoms with Crippen molar-refractivity contribution in [2.45, 2.75) is 12.6 Å². The molecule has 12 heavy (non-hydrogen) atoms. The third-order valence-electron chi connectivity index (χ3n) is 1.73. The highest BCUT2D eigenvalue weighted by Crippen LogP contribution is 2.04. The van der Waals surface area contributed by atoms with E-state index < -0.39 is 6.17 Å². The summed E-state index contributed by atoms with van der Waals surface area (Å²) in [7, 11) is 1.76. The lowest BCUT2D eigenvalue weighted by atomic mass is 10.1. The van der Waals surface area contributed by atoms with Crippen molar-refractivity contribution in [2.24, 2.45) is 0 Å². The van der Waals surface area contributed by atoms with Crippen molar-refractivity contribution in [1.82, 2.24) is 5.32 Å². The van der Waals surface area contributed by atoms with E-state index in [1.807, 2.05) is 30.3 Å². The molecule has 0 saturated carbocycles. The third-order valence-corrected chi connectivity index (χ3v) is 1.73. The van der Waals surface area contributed by atoms with E-state index in [1.165, 1.54) is 0 Å². The Labute approximate surface area is 72.6 Å². The maximum absolute atomic E-state index is 13.0. The van der Waals surface area contributed by atoms with Gasteiger partial charge in [0, 0.05) is 13.0 Å². The Bertz CT molecular complexity index is 210. The molecule has 1 aromatic rings. The first-order valence-corrected chi connectivity index (χ1v) is 4.15. The van der Waals surface area contributed by atoms with Crippen LogP contribution < -0.4 is 5.32 Å². The molecule has 1 N–H and O–H groups in total. The predicted octanol–water partition coefficient (Wildman–Crippen LogP) is 1.79. The molecule has 0 saturated heterocycles. The fourth-order valence-electron chi connectivity index (χ4n) is 1.16. The zero-order valence-electron chi connectivity index (χ0n) is 7.26. The fourth-order valence-corrected chi connectivity index (χ4v) is 1.16. The van der Waals surface area contributed by atoms with Crippen molar-refractivity contribution in [2.75, 3.05) is 13.6 Å². The van der Waals surface area contributed by atoms with Crippen LogP contribution in [0.1, 0.15) is 5.56 Å². The van der Waals surface area contributed by atoms with Crippen LogP contribution in [0.2, 0.25) is 0 Å². The van der Waals surface area contributed by atoms with E-state index in [2.05, 4.69) is 5.32 Å². The number of hydrogen-bond donors (Lipinski definition) is 1. The molecule has 0 aliphatic carbocycles. The van der Waals surface area contributed by atoms with E-state index in [0.29, 0.717) is 13.0 Å². The predicted molar refractivity (Wildman–Crippen MR) is 49.0 cm³/mol. The Balaban J connectivity index is 2.41. The zero-order chi connectivity index (χ0) is 8.81. The van der Waals surface area contributed by atoms with Gasteiger partial charge in [0.05, 0.1) is 0 Å². The van der Waals surface area contributed by atoms with Gasteiger partial charge in [-0.05, 0) is 12.6 Å². The van der Waals surface area contributed by atoms with Crippen LogP contribution in [0, 0.1) is 0 Å². The van der Waals surface area contributed by atoms with Crippen LogP contribution in [-0.2, 0) is 6.42 Å². The molecule has 1 rings (SSSR count). The average molecular weight is 167 g/mol. The molecule has 1 nitrogen and oxygen atoms in total. The lowest BCUT2D eigenvalue weighted by Crippen LogP contribution is -2.21. The van der Waals surface area contributed by atoms with Crippen LogP contribution in [0.25, 0.3) is 0 Å². The zero-order valence-corrected chi connectivity index (χ0v) is 7.26. The van der Waals surface area contributed by atoms with Crippen LogP contribution in [-0.4, -0.2) is 19.8 Å². The molecule has 0 radical (unpaired) electrons. The van der Waals surface area contributed by atoms with E-state index in [0.717, 1.165) is 5.56 Å². The van der Waals surface area contributed by atoms with Crippen molar-refractivity contribution in [3.05, 3.63) is 35.9 Å². The summed E-state index contributed by atoms with van der Waals surface area (Å²) in [5, 5.41) is 2.81. The van der Waals surface area contributed by atoms with Crippen LogP contribution in [0.3, 0.4) is 0 Å². The first-order valence-electron chi connectivity index (χ1n) is 4.15. The second-order valence-electron chi connectivity index (χ2n) is 2.84. The number of rotatable bonds is 4. The Morgan fingerprint density at radius 1 is 1.33 bits per heavy atom. The van der Waals surface area contributed by atoms with Crippen LogP contribution in [0.4, 0.5) is 4.39 Å². The van der Waals surface area contributed by atoms with Gasteiger partial charge in [0.2, 0.25) is 0 Å². The van der Waals surface area contributed by atoms with E-state index >= 15 is 0 Å². The summed E-state index contributed by atoms with van der Waals surface area (Å²) in [4.78, 5) is 0. The van der Waals surface area contributed by atoms with Gasteiger partial charge in [-0.1, -0.05) is 30.3 Å². The van der Waals surface area contributed by atoms with E-state index in [1.54, 1.807) is 7.05 Å². The highest BCUT2D eigenvalue weighted by Gasteiger charge is 2.04. The Hall–Kier alpha value is -0.890. The van der Waals surface area contributed by atoms with Crippen LogP contribution in [0.5, 0.6) is 0 Å². The van der Waals surface area contributed by atoms with Crippen molar-refractivity contribution in [3.63, 3.8) is 0 Å². The van der Waals surface area contributed by atoms with Crippen molar-refractivity contribution < 1.29 is 4.39 Å². The Morgan fingerprint density at radius 3 is 2.58 bits per heavy atom. The van der Waals surface area contributed by atoms with E-state index in [4.69, 9.17) is 0 Å². The summed E-state index contributed by atoms with van der Waals surface area (Å²) in [6.07, 6.45) is -0.279. The first-order chi connectivity index (χ1) is 5.83. The summed E-state index contributed by atoms with van der Waals surface area (Å²) in [5.74, 6) is 0. The van der Waals surface area contributed by atoms with Gasteiger partial charge in [-0.2, -0.15) is 0 Å². The Kier molecular flexibility index (Phi) is 3.74. The lowest BCUT2D eigenvalue weighted by Gasteiger charge is -2.06. The van der Waals surface area contributed by atoms with E-state index in [-0.39, 0.29) is 0 Å². The lowest BCUT2D eigenvalue weighted by molar-refractivity contribution is 0.324. The van der Waals surface area contributed by atoms with Crippen LogP contribution >= 0.6 is 0 Å². The van der Waals surface area contributed by atoms with Gasteiger partial charge in [0.25, 0.3) is 0 Å². The monoisotopic (exact) mass is 167 g/mol. The topological polar surface area (TPSA) is 12.0 Å². The SMILES string of the molecule is CNCC(F)Cc1ccccc1. The number of benzene rings is 1. The molecular formula is C10H14FN. The van der Waals surface area contributed by atoms with Gasteiger partial charge in [0.15, 0.2) is 0 Å². The van der Waals surface area contributed by atoms with Gasteiger partial charge in [-0.15, -0.1) is 0 Å². The standard InChI is InChI=1S/C10H14FN/c1-12-8-10(11)7-9-5-3-2-4-6-9/h2-6,10,12H,7-8H2,1H3. The minimum atomic E-state index is -0.780. The summed E-state index contributed by atoms with van der Waals surface area (Å²) in [6.45, 7) is 0.425. The van der Waals surface area contributed by atoms with Crippen LogP contribution in [0.15, 0.2) is 30.3 Å². The van der Waals surface area contributed by atoms with Gasteiger partial charge in [-0.3, -0.25) is 0 Å². The largest absolute Gasteiger partial charge is 0.317 e. The summed E-state index contributed by atoms with van der Waals surface area (Å²) in [6, 6.07) is 9.70. The Morgan fingerprint density at radius 2 is 2.00 bits per heavy atom. The van der Waals surface area contributed by atoms with Gasteiger partial charge in [-0.25, -0.2) is 4.39 Å². The molecule has 0 spiro atoms. The summed E-state index contributed by atoms with van der Waals surface area (Å²) < 4.78 is 13.0. The molecule has 0 heterocycles. The van der Waals surface area contributed by atoms with Gasteiger partial charge >= 0.3 is 0 Å². The molecule has 0 bridgehead atoms. The molecule has 66 valence electrons. The minimum Gasteiger partial charge on any atom is -0.317 e. The molecule has 1 aromatic carbocycles. The van der Waals surface area contributed by atoms with Gasteiger partial charge < -0.3 is 5.32 Å². The average Bonchev–Trinajstić information content (AvgIpc) is 2.06. The van der Waals surface area contributed by atoms with Crippen molar-refractivity contribution in [1.29, 1.82) is 0 Å². The maximum atomic E-state index is 13.0. The van der Waals surface area contributed by atoms with Gasteiger partial charge in [0.1, 0.15) is 6.17 Å². The smallest absolute Gasteiger partial charge is 0.116 e. The second-order valence-corrected chi connectivity index (χ2v) is 2.84. The highest BCUT2D eigenvalue weighted by atomic mass is 19.1. The molecule has 0 amide bonds. The first kappa shape index (κ1) is 9.20. The normalized spacial score (nSPS) is 12.8. The highest BCUT2D eigenvalue weighted by molar-refractivity contribution is 5.15. The maximum Gasteiger partial charge on any atom is 0.116 e. The summed E-state index contributed by atoms with van der Waals surface area (Å²) >= 11 is 0. The fraction of sp³-hybridized carbons (Fsp3) is 0.400. The number of alkyl halides is 1. The molecule has 2 heteroatoms. The van der Waals surface area contributed by atoms with Crippen molar-refractivity contribution >= 4 is 0 Å². The number of hydrogen-bond acceptors (Lipinski definition) is 1. The number of halogens is 1. The molecular weight excluding hydrogens is 153 g/mol. The molecule has 0 aliphatic heterocycles. The minimum absolute atomic E-state index is 0.425. The third kappa shape index (κ3) is 3.01. The molecule has 0 aliphatic rings. The molecule has 1 atom stereocenters. The molecule has 1 unspecified atom stereocenters. The second kappa shape index (κ2) is 4.88. The van der Waals surface area contributed by atoms with E-state index in [9.17, 15) is 4.39 Å². The summed E-state index contributed by atoms with van der Waals surface area (Å²) in [5.41, 5.74) is 1.06. The number of nitrogens with one attached hydrogen (secondary N) is 1. The molecule has 0 fully saturated rings.